The van der Waals surface area contributed by atoms with E-state index in [-0.39, 0.29) is 18.2 Å². The Morgan fingerprint density at radius 2 is 1.88 bits per heavy atom. The van der Waals surface area contributed by atoms with Gasteiger partial charge in [-0.25, -0.2) is 4.90 Å². The molecule has 2 aromatic rings. The van der Waals surface area contributed by atoms with Crippen LogP contribution in [0.15, 0.2) is 42.5 Å². The predicted octanol–water partition coefficient (Wildman–Crippen LogP) is 2.44. The lowest BCUT2D eigenvalue weighted by Gasteiger charge is -2.14. The van der Waals surface area contributed by atoms with Gasteiger partial charge in [0.1, 0.15) is 5.75 Å². The van der Waals surface area contributed by atoms with Crippen LogP contribution in [-0.2, 0) is 16.0 Å². The molecule has 1 heterocycles. The fourth-order valence-corrected chi connectivity index (χ4v) is 3.51. The van der Waals surface area contributed by atoms with E-state index in [0.29, 0.717) is 34.4 Å². The minimum atomic E-state index is -0.407. The van der Waals surface area contributed by atoms with Gasteiger partial charge in [0.15, 0.2) is 6.04 Å². The van der Waals surface area contributed by atoms with E-state index in [1.807, 2.05) is 11.4 Å². The molecule has 1 aliphatic rings. The summed E-state index contributed by atoms with van der Waals surface area (Å²) in [7, 11) is 1.57. The van der Waals surface area contributed by atoms with Gasteiger partial charge in [0.2, 0.25) is 5.91 Å². The first-order chi connectivity index (χ1) is 12.5. The highest BCUT2D eigenvalue weighted by molar-refractivity contribution is 6.35. The Kier molecular flexibility index (Phi) is 5.81. The zero-order valence-electron chi connectivity index (χ0n) is 14.2. The smallest absolute Gasteiger partial charge is 0.292 e. The number of ether oxygens (including phenoxy) is 1. The van der Waals surface area contributed by atoms with Gasteiger partial charge in [0, 0.05) is 16.5 Å². The molecule has 0 aromatic heterocycles. The summed E-state index contributed by atoms with van der Waals surface area (Å²) in [5.41, 5.74) is 1.54. The van der Waals surface area contributed by atoms with Gasteiger partial charge in [-0.1, -0.05) is 29.3 Å². The van der Waals surface area contributed by atoms with Crippen LogP contribution >= 0.6 is 23.2 Å². The fourth-order valence-electron chi connectivity index (χ4n) is 3.01. The van der Waals surface area contributed by atoms with Crippen LogP contribution in [0, 0.1) is 0 Å². The highest BCUT2D eigenvalue weighted by atomic mass is 35.5. The standard InChI is InChI=1S/C19H18Cl2N2O3/c1-26-15-6-4-14(5-7-15)23-18(24)11-17(19(23)25)22-9-8-12-2-3-13(20)10-16(12)21/h2-7,10,17,22H,8-9,11H2,1H3/p+1. The molecule has 5 nitrogen and oxygen atoms in total. The van der Waals surface area contributed by atoms with Crippen molar-refractivity contribution in [1.82, 2.24) is 0 Å². The van der Waals surface area contributed by atoms with E-state index < -0.39 is 6.04 Å². The Morgan fingerprint density at radius 1 is 1.15 bits per heavy atom. The summed E-state index contributed by atoms with van der Waals surface area (Å²) in [6, 6.07) is 11.9. The predicted molar refractivity (Wildman–Crippen MR) is 101 cm³/mol. The van der Waals surface area contributed by atoms with Crippen LogP contribution in [-0.4, -0.2) is 31.5 Å². The van der Waals surface area contributed by atoms with E-state index in [1.54, 1.807) is 43.5 Å². The van der Waals surface area contributed by atoms with Gasteiger partial charge in [-0.3, -0.25) is 9.59 Å². The molecular weight excluding hydrogens is 375 g/mol. The molecule has 0 aliphatic carbocycles. The molecule has 1 saturated heterocycles. The second-order valence-corrected chi connectivity index (χ2v) is 6.93. The zero-order chi connectivity index (χ0) is 18.7. The molecule has 1 unspecified atom stereocenters. The van der Waals surface area contributed by atoms with E-state index in [0.717, 1.165) is 5.56 Å². The number of quaternary nitrogens is 1. The normalized spacial score (nSPS) is 17.0. The molecule has 1 fully saturated rings. The molecule has 2 amide bonds. The summed E-state index contributed by atoms with van der Waals surface area (Å²) >= 11 is 12.1. The number of nitrogens with zero attached hydrogens (tertiary/aromatic N) is 1. The van der Waals surface area contributed by atoms with E-state index in [4.69, 9.17) is 27.9 Å². The Balaban J connectivity index is 1.61. The van der Waals surface area contributed by atoms with Crippen LogP contribution in [0.5, 0.6) is 5.75 Å². The first kappa shape index (κ1) is 18.7. The molecule has 0 bridgehead atoms. The lowest BCUT2D eigenvalue weighted by atomic mass is 10.1. The van der Waals surface area contributed by atoms with Crippen LogP contribution in [0.3, 0.4) is 0 Å². The minimum absolute atomic E-state index is 0.189. The number of hydrogen-bond donors (Lipinski definition) is 1. The van der Waals surface area contributed by atoms with Crippen molar-refractivity contribution in [2.75, 3.05) is 18.6 Å². The average Bonchev–Trinajstić information content (AvgIpc) is 2.91. The number of methoxy groups -OCH3 is 1. The van der Waals surface area contributed by atoms with Crippen molar-refractivity contribution < 1.29 is 19.6 Å². The highest BCUT2D eigenvalue weighted by Crippen LogP contribution is 2.24. The summed E-state index contributed by atoms with van der Waals surface area (Å²) in [4.78, 5) is 26.2. The molecule has 3 rings (SSSR count). The first-order valence-electron chi connectivity index (χ1n) is 8.27. The average molecular weight is 394 g/mol. The number of benzene rings is 2. The molecule has 2 N–H and O–H groups in total. The molecule has 1 atom stereocenters. The van der Waals surface area contributed by atoms with Gasteiger partial charge in [-0.2, -0.15) is 0 Å². The van der Waals surface area contributed by atoms with Crippen LogP contribution in [0.1, 0.15) is 12.0 Å². The molecule has 26 heavy (non-hydrogen) atoms. The van der Waals surface area contributed by atoms with Gasteiger partial charge >= 0.3 is 0 Å². The minimum Gasteiger partial charge on any atom is -0.497 e. The lowest BCUT2D eigenvalue weighted by Crippen LogP contribution is -2.92. The number of carbonyl (C=O) groups excluding carboxylic acids is 2. The Labute approximate surface area is 161 Å². The molecule has 136 valence electrons. The third-order valence-corrected chi connectivity index (χ3v) is 4.98. The van der Waals surface area contributed by atoms with Crippen molar-refractivity contribution in [3.05, 3.63) is 58.1 Å². The van der Waals surface area contributed by atoms with Gasteiger partial charge < -0.3 is 10.1 Å². The van der Waals surface area contributed by atoms with Gasteiger partial charge in [0.05, 0.1) is 25.8 Å². The molecular formula is C19H19Cl2N2O3+. The maximum absolute atomic E-state index is 12.6. The third kappa shape index (κ3) is 4.01. The van der Waals surface area contributed by atoms with Crippen molar-refractivity contribution in [2.45, 2.75) is 18.9 Å². The molecule has 0 spiro atoms. The number of halogens is 2. The largest absolute Gasteiger partial charge is 0.497 e. The Bertz CT molecular complexity index is 824. The van der Waals surface area contributed by atoms with Crippen LogP contribution < -0.4 is 15.0 Å². The molecule has 2 aromatic carbocycles. The summed E-state index contributed by atoms with van der Waals surface area (Å²) in [6.45, 7) is 0.654. The maximum atomic E-state index is 12.6. The quantitative estimate of drug-likeness (QED) is 0.766. The van der Waals surface area contributed by atoms with E-state index in [2.05, 4.69) is 0 Å². The number of amides is 2. The van der Waals surface area contributed by atoms with E-state index >= 15 is 0 Å². The third-order valence-electron chi connectivity index (χ3n) is 4.39. The van der Waals surface area contributed by atoms with Crippen molar-refractivity contribution in [3.63, 3.8) is 0 Å². The van der Waals surface area contributed by atoms with Crippen molar-refractivity contribution in [2.24, 2.45) is 0 Å². The second kappa shape index (κ2) is 8.08. The Morgan fingerprint density at radius 3 is 2.54 bits per heavy atom. The van der Waals surface area contributed by atoms with Crippen LogP contribution in [0.25, 0.3) is 0 Å². The second-order valence-electron chi connectivity index (χ2n) is 6.09. The van der Waals surface area contributed by atoms with E-state index in [9.17, 15) is 9.59 Å². The number of nitrogens with two attached hydrogens (primary N) is 1. The van der Waals surface area contributed by atoms with Gasteiger partial charge in [0.25, 0.3) is 5.91 Å². The monoisotopic (exact) mass is 393 g/mol. The fraction of sp³-hybridized carbons (Fsp3) is 0.263. The van der Waals surface area contributed by atoms with E-state index in [1.165, 1.54) is 4.90 Å². The summed E-state index contributed by atoms with van der Waals surface area (Å²) in [5.74, 6) is 0.295. The number of anilines is 1. The number of hydrogen-bond acceptors (Lipinski definition) is 3. The Hall–Kier alpha value is -2.08. The SMILES string of the molecule is COc1ccc(N2C(=O)CC([NH2+]CCc3ccc(Cl)cc3Cl)C2=O)cc1. The summed E-state index contributed by atoms with van der Waals surface area (Å²) in [5, 5.41) is 3.10. The topological polar surface area (TPSA) is 63.2 Å². The first-order valence-corrected chi connectivity index (χ1v) is 9.03. The van der Waals surface area contributed by atoms with Crippen LogP contribution in [0.4, 0.5) is 5.69 Å². The molecule has 1 aliphatic heterocycles. The molecule has 0 radical (unpaired) electrons. The van der Waals surface area contributed by atoms with Crippen LogP contribution in [0.2, 0.25) is 10.0 Å². The zero-order valence-corrected chi connectivity index (χ0v) is 15.8. The maximum Gasteiger partial charge on any atom is 0.292 e. The van der Waals surface area contributed by atoms with Crippen molar-refractivity contribution in [3.8, 4) is 5.75 Å². The number of carbonyl (C=O) groups is 2. The lowest BCUT2D eigenvalue weighted by molar-refractivity contribution is -0.674. The van der Waals surface area contributed by atoms with Crippen molar-refractivity contribution in [1.29, 1.82) is 0 Å². The van der Waals surface area contributed by atoms with Crippen molar-refractivity contribution >= 4 is 40.7 Å². The number of imide groups is 1. The molecule has 0 saturated carbocycles. The van der Waals surface area contributed by atoms with Gasteiger partial charge in [-0.15, -0.1) is 0 Å². The van der Waals surface area contributed by atoms with Gasteiger partial charge in [-0.05, 0) is 42.0 Å². The number of rotatable bonds is 6. The molecule has 7 heteroatoms. The summed E-state index contributed by atoms with van der Waals surface area (Å²) in [6.07, 6.45) is 0.885. The summed E-state index contributed by atoms with van der Waals surface area (Å²) < 4.78 is 5.11. The highest BCUT2D eigenvalue weighted by Gasteiger charge is 2.42.